The van der Waals surface area contributed by atoms with Gasteiger partial charge in [-0.05, 0) is 43.4 Å². The Balaban J connectivity index is 5.24. The van der Waals surface area contributed by atoms with E-state index in [0.29, 0.717) is 25.7 Å². The maximum Gasteiger partial charge on any atom is 0.472 e. The zero-order chi connectivity index (χ0) is 73.0. The summed E-state index contributed by atoms with van der Waals surface area (Å²) in [7, 11) is -9.92. The molecule has 19 heteroatoms. The molecule has 0 aliphatic rings. The number of aliphatic hydroxyl groups is 1. The number of hydrogen-bond donors (Lipinski definition) is 3. The first-order valence-electron chi connectivity index (χ1n) is 41.4. The molecule has 0 aromatic carbocycles. The number of phosphoric ester groups is 2. The van der Waals surface area contributed by atoms with Gasteiger partial charge in [-0.2, -0.15) is 0 Å². The highest BCUT2D eigenvalue weighted by atomic mass is 31.2. The van der Waals surface area contributed by atoms with Crippen LogP contribution in [0.5, 0.6) is 0 Å². The molecule has 99 heavy (non-hydrogen) atoms. The number of rotatable bonds is 78. The zero-order valence-corrected chi connectivity index (χ0v) is 66.8. The van der Waals surface area contributed by atoms with Crippen molar-refractivity contribution in [1.82, 2.24) is 0 Å². The molecule has 0 aromatic rings. The van der Waals surface area contributed by atoms with Gasteiger partial charge < -0.3 is 33.8 Å². The van der Waals surface area contributed by atoms with Gasteiger partial charge >= 0.3 is 39.5 Å². The second kappa shape index (κ2) is 70.4. The summed E-state index contributed by atoms with van der Waals surface area (Å²) in [6.45, 7) is 11.9. The van der Waals surface area contributed by atoms with Gasteiger partial charge in [0.1, 0.15) is 19.3 Å². The molecule has 588 valence electrons. The van der Waals surface area contributed by atoms with Crippen LogP contribution in [0.3, 0.4) is 0 Å². The molecule has 0 bridgehead atoms. The van der Waals surface area contributed by atoms with Crippen molar-refractivity contribution in [3.05, 3.63) is 0 Å². The van der Waals surface area contributed by atoms with Gasteiger partial charge in [0.2, 0.25) is 0 Å². The van der Waals surface area contributed by atoms with Crippen molar-refractivity contribution < 1.29 is 80.2 Å². The van der Waals surface area contributed by atoms with Crippen molar-refractivity contribution >= 4 is 39.5 Å². The molecule has 0 heterocycles. The molecule has 0 saturated heterocycles. The molecule has 3 unspecified atom stereocenters. The molecular weight excluding hydrogens is 1290 g/mol. The number of aliphatic hydroxyl groups excluding tert-OH is 1. The van der Waals surface area contributed by atoms with Gasteiger partial charge in [0.25, 0.3) is 0 Å². The Kier molecular flexibility index (Phi) is 69.0. The van der Waals surface area contributed by atoms with Crippen LogP contribution in [-0.2, 0) is 65.4 Å². The summed E-state index contributed by atoms with van der Waals surface area (Å²) in [5.74, 6) is 0.187. The van der Waals surface area contributed by atoms with E-state index in [1.54, 1.807) is 0 Å². The Labute approximate surface area is 607 Å². The summed E-state index contributed by atoms with van der Waals surface area (Å²) in [5.41, 5.74) is 0. The molecule has 0 radical (unpaired) electrons. The average Bonchev–Trinajstić information content (AvgIpc) is 1.11. The zero-order valence-electron chi connectivity index (χ0n) is 65.0. The van der Waals surface area contributed by atoms with Gasteiger partial charge in [-0.1, -0.05) is 363 Å². The molecule has 0 fully saturated rings. The van der Waals surface area contributed by atoms with Crippen molar-refractivity contribution in [1.29, 1.82) is 0 Å². The van der Waals surface area contributed by atoms with Crippen molar-refractivity contribution in [2.45, 2.75) is 433 Å². The predicted molar refractivity (Wildman–Crippen MR) is 405 cm³/mol. The molecule has 3 N–H and O–H groups in total. The van der Waals surface area contributed by atoms with Crippen LogP contribution in [-0.4, -0.2) is 96.7 Å². The van der Waals surface area contributed by atoms with E-state index in [1.165, 1.54) is 225 Å². The van der Waals surface area contributed by atoms with Gasteiger partial charge in [-0.25, -0.2) is 9.13 Å². The SMILES string of the molecule is CCCCCCCCCCCCCCCCCCCCCCC(=O)O[C@H](COC(=O)CCCCCCCCCCCCCC(C)C)COP(=O)(O)OC[C@@H](O)COP(=O)(O)OC[C@@H](COC(=O)CCCCCCCCCCC(C)C)OC(=O)CCCCCCCCCCCCC(C)CC. The lowest BCUT2D eigenvalue weighted by molar-refractivity contribution is -0.161. The number of carbonyl (C=O) groups excluding carboxylic acids is 4. The second-order valence-electron chi connectivity index (χ2n) is 30.0. The minimum absolute atomic E-state index is 0.106. The third kappa shape index (κ3) is 72.8. The molecule has 0 spiro atoms. The Morgan fingerprint density at radius 1 is 0.293 bits per heavy atom. The first kappa shape index (κ1) is 97.1. The molecule has 0 aliphatic heterocycles. The van der Waals surface area contributed by atoms with E-state index < -0.39 is 97.5 Å². The standard InChI is InChI=1S/C80H156O17P2/c1-8-10-11-12-13-14-15-16-17-18-19-20-21-22-23-26-33-42-49-56-63-79(84)96-75(67-90-77(82)61-54-47-40-32-27-24-25-30-37-44-51-58-71(3)4)69-94-98(86,87)92-65-74(81)66-93-99(88,89)95-70-76(68-91-78(83)62-55-48-41-36-35-38-45-52-59-72(5)6)97-80(85)64-57-50-43-34-29-28-31-39-46-53-60-73(7)9-2/h71-76,81H,8-70H2,1-7H3,(H,86,87)(H,88,89)/t73?,74-,75-,76-/m1/s1. The molecule has 0 rings (SSSR count). The number of carbonyl (C=O) groups is 4. The molecule has 6 atom stereocenters. The summed E-state index contributed by atoms with van der Waals surface area (Å²) in [5, 5.41) is 10.6. The number of unbranched alkanes of at least 4 members (excludes halogenated alkanes) is 45. The normalized spacial score (nSPS) is 14.3. The van der Waals surface area contributed by atoms with Crippen LogP contribution in [0.4, 0.5) is 0 Å². The van der Waals surface area contributed by atoms with E-state index in [-0.39, 0.29) is 25.7 Å². The quantitative estimate of drug-likeness (QED) is 0.0222. The van der Waals surface area contributed by atoms with Crippen molar-refractivity contribution in [2.75, 3.05) is 39.6 Å². The van der Waals surface area contributed by atoms with Crippen LogP contribution in [0, 0.1) is 17.8 Å². The predicted octanol–water partition coefficient (Wildman–Crippen LogP) is 23.7. The van der Waals surface area contributed by atoms with Gasteiger partial charge in [-0.15, -0.1) is 0 Å². The maximum absolute atomic E-state index is 13.1. The summed E-state index contributed by atoms with van der Waals surface area (Å²) < 4.78 is 68.7. The summed E-state index contributed by atoms with van der Waals surface area (Å²) in [6.07, 6.45) is 58.3. The smallest absolute Gasteiger partial charge is 0.462 e. The van der Waals surface area contributed by atoms with Gasteiger partial charge in [0, 0.05) is 25.7 Å². The van der Waals surface area contributed by atoms with E-state index in [0.717, 1.165) is 108 Å². The van der Waals surface area contributed by atoms with Crippen molar-refractivity contribution in [3.63, 3.8) is 0 Å². The molecule has 0 aromatic heterocycles. The minimum Gasteiger partial charge on any atom is -0.462 e. The van der Waals surface area contributed by atoms with Crippen LogP contribution in [0.2, 0.25) is 0 Å². The lowest BCUT2D eigenvalue weighted by Gasteiger charge is -2.21. The third-order valence-corrected chi connectivity index (χ3v) is 20.9. The highest BCUT2D eigenvalue weighted by molar-refractivity contribution is 7.47. The molecule has 0 aliphatic carbocycles. The van der Waals surface area contributed by atoms with E-state index in [2.05, 4.69) is 48.5 Å². The molecule has 17 nitrogen and oxygen atoms in total. The van der Waals surface area contributed by atoms with E-state index in [9.17, 15) is 43.2 Å². The summed E-state index contributed by atoms with van der Waals surface area (Å²) in [6, 6.07) is 0. The van der Waals surface area contributed by atoms with E-state index >= 15 is 0 Å². The Morgan fingerprint density at radius 2 is 0.515 bits per heavy atom. The highest BCUT2D eigenvalue weighted by Crippen LogP contribution is 2.45. The largest absolute Gasteiger partial charge is 0.472 e. The first-order valence-corrected chi connectivity index (χ1v) is 44.4. The minimum atomic E-state index is -4.96. The second-order valence-corrected chi connectivity index (χ2v) is 32.9. The average molecular weight is 1450 g/mol. The van der Waals surface area contributed by atoms with E-state index in [4.69, 9.17) is 37.0 Å². The summed E-state index contributed by atoms with van der Waals surface area (Å²) in [4.78, 5) is 73.0. The fourth-order valence-electron chi connectivity index (χ4n) is 12.3. The van der Waals surface area contributed by atoms with Crippen LogP contribution in [0.15, 0.2) is 0 Å². The maximum atomic E-state index is 13.1. The lowest BCUT2D eigenvalue weighted by atomic mass is 9.99. The Morgan fingerprint density at radius 3 is 0.768 bits per heavy atom. The fraction of sp³-hybridized carbons (Fsp3) is 0.950. The molecular formula is C80H156O17P2. The van der Waals surface area contributed by atoms with Crippen LogP contribution >= 0.6 is 15.6 Å². The Bertz CT molecular complexity index is 1920. The molecule has 0 saturated carbocycles. The van der Waals surface area contributed by atoms with Crippen molar-refractivity contribution in [2.24, 2.45) is 17.8 Å². The number of phosphoric acid groups is 2. The molecule has 0 amide bonds. The third-order valence-electron chi connectivity index (χ3n) is 19.0. The van der Waals surface area contributed by atoms with Gasteiger partial charge in [0.15, 0.2) is 12.2 Å². The van der Waals surface area contributed by atoms with Gasteiger partial charge in [0.05, 0.1) is 26.4 Å². The number of hydrogen-bond acceptors (Lipinski definition) is 15. The number of ether oxygens (including phenoxy) is 4. The first-order chi connectivity index (χ1) is 47.8. The van der Waals surface area contributed by atoms with Crippen LogP contribution in [0.25, 0.3) is 0 Å². The topological polar surface area (TPSA) is 237 Å². The summed E-state index contributed by atoms with van der Waals surface area (Å²) >= 11 is 0. The monoisotopic (exact) mass is 1450 g/mol. The van der Waals surface area contributed by atoms with Crippen LogP contribution in [0.1, 0.15) is 414 Å². The van der Waals surface area contributed by atoms with Crippen molar-refractivity contribution in [3.8, 4) is 0 Å². The van der Waals surface area contributed by atoms with Gasteiger partial charge in [-0.3, -0.25) is 37.3 Å². The van der Waals surface area contributed by atoms with E-state index in [1.807, 2.05) is 0 Å². The lowest BCUT2D eigenvalue weighted by Crippen LogP contribution is -2.30. The number of esters is 4. The Hall–Kier alpha value is -1.94. The van der Waals surface area contributed by atoms with Crippen LogP contribution < -0.4 is 0 Å². The fourth-order valence-corrected chi connectivity index (χ4v) is 13.9. The highest BCUT2D eigenvalue weighted by Gasteiger charge is 2.30.